The van der Waals surface area contributed by atoms with Gasteiger partial charge in [0.1, 0.15) is 5.82 Å². The van der Waals surface area contributed by atoms with E-state index in [4.69, 9.17) is 0 Å². The molecule has 6 rings (SSSR count). The summed E-state index contributed by atoms with van der Waals surface area (Å²) in [4.78, 5) is 6.74. The third-order valence-electron chi connectivity index (χ3n) is 8.31. The van der Waals surface area contributed by atoms with Gasteiger partial charge < -0.3 is 4.90 Å². The zero-order chi connectivity index (χ0) is 28.2. The molecule has 214 valence electrons. The summed E-state index contributed by atoms with van der Waals surface area (Å²) in [6.07, 6.45) is 5.17. The van der Waals surface area contributed by atoms with Gasteiger partial charge in [-0.2, -0.15) is 17.4 Å². The summed E-state index contributed by atoms with van der Waals surface area (Å²) in [5, 5.41) is 8.86. The summed E-state index contributed by atoms with van der Waals surface area (Å²) < 4.78 is 60.8. The number of likely N-dealkylation sites (N-methyl/N-ethyl adjacent to an activating group) is 1. The molecule has 0 unspecified atom stereocenters. The summed E-state index contributed by atoms with van der Waals surface area (Å²) in [6.45, 7) is 6.37. The SMILES string of the molecule is CC[C@@H]1C[C@H](NS(=O)(=O)N2CCN(C)CC2)C[C@@H]1c1nnc2cnc3c(ccn3S(=O)(=O)c3ccc(C)cc3)n12. The first-order valence-electron chi connectivity index (χ1n) is 13.6. The lowest BCUT2D eigenvalue weighted by atomic mass is 9.93. The number of fused-ring (bicyclic) bond motifs is 3. The molecule has 3 aromatic heterocycles. The van der Waals surface area contributed by atoms with E-state index in [-0.39, 0.29) is 28.4 Å². The minimum absolute atomic E-state index is 0.0529. The molecule has 2 aliphatic rings. The van der Waals surface area contributed by atoms with Crippen molar-refractivity contribution >= 4 is 37.0 Å². The van der Waals surface area contributed by atoms with Crippen LogP contribution in [0.15, 0.2) is 47.6 Å². The Balaban J connectivity index is 1.33. The van der Waals surface area contributed by atoms with E-state index in [0.29, 0.717) is 56.0 Å². The van der Waals surface area contributed by atoms with Gasteiger partial charge in [0.2, 0.25) is 0 Å². The van der Waals surface area contributed by atoms with E-state index in [1.807, 2.05) is 18.4 Å². The second-order valence-corrected chi connectivity index (χ2v) is 14.4. The van der Waals surface area contributed by atoms with Crippen LogP contribution in [0, 0.1) is 12.8 Å². The minimum Gasteiger partial charge on any atom is -0.304 e. The second-order valence-electron chi connectivity index (χ2n) is 10.9. The summed E-state index contributed by atoms with van der Waals surface area (Å²) in [6, 6.07) is 8.20. The summed E-state index contributed by atoms with van der Waals surface area (Å²) in [5.41, 5.74) is 2.36. The van der Waals surface area contributed by atoms with Crippen molar-refractivity contribution in [2.75, 3.05) is 33.2 Å². The molecule has 1 saturated heterocycles. The number of hydrogen-bond acceptors (Lipinski definition) is 8. The van der Waals surface area contributed by atoms with Crippen LogP contribution in [0.2, 0.25) is 0 Å². The Bertz CT molecular complexity index is 1760. The molecule has 0 spiro atoms. The van der Waals surface area contributed by atoms with Gasteiger partial charge in [0.15, 0.2) is 11.3 Å². The molecule has 14 heteroatoms. The van der Waals surface area contributed by atoms with Crippen LogP contribution >= 0.6 is 0 Å². The Labute approximate surface area is 234 Å². The Morgan fingerprint density at radius 1 is 0.975 bits per heavy atom. The predicted octanol–water partition coefficient (Wildman–Crippen LogP) is 1.98. The van der Waals surface area contributed by atoms with Gasteiger partial charge in [-0.3, -0.25) is 4.40 Å². The van der Waals surface area contributed by atoms with E-state index >= 15 is 0 Å². The van der Waals surface area contributed by atoms with Crippen molar-refractivity contribution in [3.63, 3.8) is 0 Å². The molecule has 4 heterocycles. The molecular formula is C26H34N8O4S2. The highest BCUT2D eigenvalue weighted by molar-refractivity contribution is 7.90. The lowest BCUT2D eigenvalue weighted by Gasteiger charge is -2.32. The van der Waals surface area contributed by atoms with Gasteiger partial charge in [0.25, 0.3) is 20.2 Å². The molecule has 2 fully saturated rings. The maximum atomic E-state index is 13.5. The van der Waals surface area contributed by atoms with Crippen molar-refractivity contribution in [1.82, 2.24) is 37.5 Å². The number of aromatic nitrogens is 5. The summed E-state index contributed by atoms with van der Waals surface area (Å²) in [7, 11) is -5.47. The van der Waals surface area contributed by atoms with Gasteiger partial charge in [-0.05, 0) is 50.9 Å². The lowest BCUT2D eigenvalue weighted by Crippen LogP contribution is -2.52. The van der Waals surface area contributed by atoms with E-state index in [1.165, 1.54) is 20.7 Å². The molecule has 1 aliphatic heterocycles. The number of aryl methyl sites for hydroxylation is 1. The standard InChI is InChI=1S/C26H34N8O4S2/c1-4-19-15-20(30-40(37,38)32-13-11-31(3)12-14-32)16-22(19)25-29-28-24-17-27-26-23(34(24)25)9-10-33(26)39(35,36)21-7-5-18(2)6-8-21/h5-10,17,19-20,22,30H,4,11-16H2,1-3H3/t19-,20+,22+/m1/s1. The third-order valence-corrected chi connectivity index (χ3v) is 11.7. The first-order valence-corrected chi connectivity index (χ1v) is 16.5. The van der Waals surface area contributed by atoms with E-state index in [2.05, 4.69) is 31.7 Å². The van der Waals surface area contributed by atoms with Crippen molar-refractivity contribution < 1.29 is 16.8 Å². The first-order chi connectivity index (χ1) is 19.1. The number of rotatable bonds is 7. The predicted molar refractivity (Wildman–Crippen MR) is 151 cm³/mol. The number of hydrogen-bond donors (Lipinski definition) is 1. The van der Waals surface area contributed by atoms with Gasteiger partial charge in [0, 0.05) is 44.3 Å². The van der Waals surface area contributed by atoms with Crippen molar-refractivity contribution in [3.8, 4) is 0 Å². The van der Waals surface area contributed by atoms with Crippen molar-refractivity contribution in [2.45, 2.75) is 50.0 Å². The van der Waals surface area contributed by atoms with E-state index in [9.17, 15) is 16.8 Å². The largest absolute Gasteiger partial charge is 0.304 e. The third kappa shape index (κ3) is 4.71. The van der Waals surface area contributed by atoms with Gasteiger partial charge in [-0.25, -0.2) is 17.4 Å². The molecule has 12 nitrogen and oxygen atoms in total. The quantitative estimate of drug-likeness (QED) is 0.347. The van der Waals surface area contributed by atoms with E-state index in [1.54, 1.807) is 30.3 Å². The van der Waals surface area contributed by atoms with E-state index in [0.717, 1.165) is 12.0 Å². The number of benzene rings is 1. The highest BCUT2D eigenvalue weighted by Crippen LogP contribution is 2.42. The molecule has 0 bridgehead atoms. The average Bonchev–Trinajstić information content (AvgIpc) is 3.65. The van der Waals surface area contributed by atoms with Crippen LogP contribution in [-0.4, -0.2) is 88.9 Å². The van der Waals surface area contributed by atoms with Crippen LogP contribution in [0.4, 0.5) is 0 Å². The highest BCUT2D eigenvalue weighted by atomic mass is 32.2. The van der Waals surface area contributed by atoms with Crippen LogP contribution in [0.3, 0.4) is 0 Å². The Hall–Kier alpha value is -2.91. The fourth-order valence-corrected chi connectivity index (χ4v) is 8.72. The van der Waals surface area contributed by atoms with Gasteiger partial charge in [-0.1, -0.05) is 31.0 Å². The fraction of sp³-hybridized carbons (Fsp3) is 0.500. The molecule has 0 radical (unpaired) electrons. The van der Waals surface area contributed by atoms with Crippen LogP contribution < -0.4 is 4.72 Å². The van der Waals surface area contributed by atoms with Gasteiger partial charge in [0.05, 0.1) is 16.6 Å². The zero-order valence-corrected chi connectivity index (χ0v) is 24.4. The number of nitrogens with one attached hydrogen (secondary N) is 1. The minimum atomic E-state index is -3.87. The zero-order valence-electron chi connectivity index (χ0n) is 22.8. The lowest BCUT2D eigenvalue weighted by molar-refractivity contribution is 0.220. The molecule has 3 atom stereocenters. The fourth-order valence-electron chi connectivity index (χ4n) is 6.01. The van der Waals surface area contributed by atoms with Crippen LogP contribution in [0.25, 0.3) is 16.8 Å². The smallest absolute Gasteiger partial charge is 0.279 e. The molecule has 1 N–H and O–H groups in total. The Kier molecular flexibility index (Phi) is 6.94. The normalized spacial score (nSPS) is 23.4. The first kappa shape index (κ1) is 27.3. The summed E-state index contributed by atoms with van der Waals surface area (Å²) >= 11 is 0. The summed E-state index contributed by atoms with van der Waals surface area (Å²) in [5.74, 6) is 0.832. The number of nitrogens with zero attached hydrogens (tertiary/aromatic N) is 7. The number of piperazine rings is 1. The Morgan fingerprint density at radius 2 is 1.70 bits per heavy atom. The van der Waals surface area contributed by atoms with Crippen molar-refractivity contribution in [1.29, 1.82) is 0 Å². The molecular weight excluding hydrogens is 552 g/mol. The van der Waals surface area contributed by atoms with Crippen LogP contribution in [0.1, 0.15) is 43.5 Å². The molecule has 0 amide bonds. The molecule has 40 heavy (non-hydrogen) atoms. The maximum Gasteiger partial charge on any atom is 0.279 e. The topological polar surface area (TPSA) is 135 Å². The van der Waals surface area contributed by atoms with Crippen LogP contribution in [-0.2, 0) is 20.2 Å². The maximum absolute atomic E-state index is 13.5. The van der Waals surface area contributed by atoms with E-state index < -0.39 is 20.2 Å². The van der Waals surface area contributed by atoms with Crippen molar-refractivity contribution in [2.24, 2.45) is 5.92 Å². The van der Waals surface area contributed by atoms with Gasteiger partial charge >= 0.3 is 0 Å². The van der Waals surface area contributed by atoms with Crippen LogP contribution in [0.5, 0.6) is 0 Å². The molecule has 1 aromatic carbocycles. The van der Waals surface area contributed by atoms with Crippen molar-refractivity contribution in [3.05, 3.63) is 54.1 Å². The molecule has 4 aromatic rings. The monoisotopic (exact) mass is 586 g/mol. The Morgan fingerprint density at radius 3 is 2.40 bits per heavy atom. The highest BCUT2D eigenvalue weighted by Gasteiger charge is 2.40. The van der Waals surface area contributed by atoms with Gasteiger partial charge in [-0.15, -0.1) is 10.2 Å². The molecule has 1 saturated carbocycles. The molecule has 1 aliphatic carbocycles. The average molecular weight is 587 g/mol. The second kappa shape index (κ2) is 10.2.